The number of likely N-dealkylation sites (N-methyl/N-ethyl adjacent to an activating group) is 1. The number of methoxy groups -OCH3 is 2. The van der Waals surface area contributed by atoms with Gasteiger partial charge in [0, 0.05) is 60.7 Å². The Hall–Kier alpha value is -5.90. The number of nitrogens with zero attached hydrogens (tertiary/aromatic N) is 1. The lowest BCUT2D eigenvalue weighted by Gasteiger charge is -2.29. The van der Waals surface area contributed by atoms with E-state index in [9.17, 15) is 9.59 Å². The van der Waals surface area contributed by atoms with Crippen LogP contribution in [0.4, 0.5) is 0 Å². The third-order valence-electron chi connectivity index (χ3n) is 9.58. The van der Waals surface area contributed by atoms with Crippen LogP contribution in [0.2, 0.25) is 0 Å². The SMILES string of the molecule is C=CC1=C(\C=C)N(C)Cc2ccccc2/C(NCCOCCOCCOCCOCCOCCNC(=O)c2ccc(-c3cc(=O)c4ccc(OC)c(OC)c4o3)cc2)=C\1N. The van der Waals surface area contributed by atoms with E-state index in [0.29, 0.717) is 125 Å². The van der Waals surface area contributed by atoms with Crippen molar-refractivity contribution < 1.29 is 42.4 Å². The monoisotopic (exact) mass is 824 g/mol. The minimum atomic E-state index is -0.248. The van der Waals surface area contributed by atoms with Crippen LogP contribution in [0.1, 0.15) is 21.5 Å². The number of benzene rings is 3. The molecule has 5 rings (SSSR count). The van der Waals surface area contributed by atoms with Crippen molar-refractivity contribution in [3.05, 3.63) is 136 Å². The van der Waals surface area contributed by atoms with Crippen LogP contribution in [0.3, 0.4) is 0 Å². The molecule has 0 bridgehead atoms. The lowest BCUT2D eigenvalue weighted by Crippen LogP contribution is -2.28. The fourth-order valence-electron chi connectivity index (χ4n) is 6.56. The molecule has 60 heavy (non-hydrogen) atoms. The molecule has 320 valence electrons. The molecule has 0 atom stereocenters. The van der Waals surface area contributed by atoms with E-state index in [1.807, 2.05) is 25.3 Å². The van der Waals surface area contributed by atoms with E-state index in [0.717, 1.165) is 28.1 Å². The average Bonchev–Trinajstić information content (AvgIpc) is 3.26. The Morgan fingerprint density at radius 3 is 2.02 bits per heavy atom. The molecular formula is C46H56N4O10. The van der Waals surface area contributed by atoms with E-state index in [1.54, 1.807) is 42.5 Å². The molecule has 1 amide bonds. The van der Waals surface area contributed by atoms with Crippen LogP contribution in [0, 0.1) is 0 Å². The van der Waals surface area contributed by atoms with Gasteiger partial charge >= 0.3 is 0 Å². The first-order valence-corrected chi connectivity index (χ1v) is 19.8. The Morgan fingerprint density at radius 1 is 0.800 bits per heavy atom. The Balaban J connectivity index is 0.869. The Morgan fingerprint density at radius 2 is 1.42 bits per heavy atom. The van der Waals surface area contributed by atoms with E-state index < -0.39 is 0 Å². The summed E-state index contributed by atoms with van der Waals surface area (Å²) < 4.78 is 44.9. The summed E-state index contributed by atoms with van der Waals surface area (Å²) in [5.74, 6) is 0.881. The van der Waals surface area contributed by atoms with E-state index in [4.69, 9.17) is 43.3 Å². The summed E-state index contributed by atoms with van der Waals surface area (Å²) in [6.45, 7) is 13.9. The number of nitrogens with two attached hydrogens (primary N) is 1. The highest BCUT2D eigenvalue weighted by atomic mass is 16.6. The normalized spacial score (nSPS) is 15.2. The van der Waals surface area contributed by atoms with E-state index in [-0.39, 0.29) is 16.9 Å². The number of fused-ring (bicyclic) bond motifs is 2. The molecule has 3 aromatic carbocycles. The molecule has 14 nitrogen and oxygen atoms in total. The van der Waals surface area contributed by atoms with Crippen LogP contribution < -0.4 is 31.3 Å². The zero-order valence-corrected chi connectivity index (χ0v) is 34.7. The summed E-state index contributed by atoms with van der Waals surface area (Å²) in [6, 6.07) is 19.7. The lowest BCUT2D eigenvalue weighted by molar-refractivity contribution is -0.0104. The van der Waals surface area contributed by atoms with Gasteiger partial charge in [0.25, 0.3) is 5.91 Å². The number of hydrogen-bond acceptors (Lipinski definition) is 13. The van der Waals surface area contributed by atoms with Crippen molar-refractivity contribution in [2.75, 3.05) is 100 Å². The van der Waals surface area contributed by atoms with Gasteiger partial charge < -0.3 is 58.8 Å². The maximum atomic E-state index is 12.8. The first-order chi connectivity index (χ1) is 29.3. The van der Waals surface area contributed by atoms with Gasteiger partial charge in [-0.05, 0) is 35.9 Å². The van der Waals surface area contributed by atoms with Gasteiger partial charge in [-0.15, -0.1) is 0 Å². The van der Waals surface area contributed by atoms with Crippen LogP contribution in [0.5, 0.6) is 11.5 Å². The van der Waals surface area contributed by atoms with Gasteiger partial charge in [0.1, 0.15) is 5.76 Å². The minimum Gasteiger partial charge on any atom is -0.493 e. The fraction of sp³-hybridized carbons (Fsp3) is 0.348. The predicted octanol–water partition coefficient (Wildman–Crippen LogP) is 5.28. The molecular weight excluding hydrogens is 769 g/mol. The summed E-state index contributed by atoms with van der Waals surface area (Å²) in [7, 11) is 5.02. The topological polar surface area (TPSA) is 165 Å². The molecule has 1 aliphatic heterocycles. The van der Waals surface area contributed by atoms with Gasteiger partial charge in [0.15, 0.2) is 16.8 Å². The zero-order chi connectivity index (χ0) is 42.7. The first kappa shape index (κ1) is 45.2. The van der Waals surface area contributed by atoms with Gasteiger partial charge in [-0.2, -0.15) is 0 Å². The standard InChI is InChI=1S/C46H56N4O10/c1-6-35-38(7-2)50(3)31-34-10-8-9-11-36(34)43(42(35)47)48-18-20-55-22-24-57-26-28-59-29-27-58-25-23-56-21-19-49-46(52)33-14-12-32(13-15-33)41-30-39(51)37-16-17-40(53-4)45(54-5)44(37)60-41/h6-17,30,48H,1-2,18-29,31,47H2,3-5H3,(H,49,52)/b38-35-,43-42-. The quantitative estimate of drug-likeness (QED) is 0.0741. The summed E-state index contributed by atoms with van der Waals surface area (Å²) >= 11 is 0. The van der Waals surface area contributed by atoms with Crippen LogP contribution in [0.15, 0.2) is 118 Å². The molecule has 0 aliphatic carbocycles. The molecule has 0 saturated heterocycles. The number of carbonyl (C=O) groups excluding carboxylic acids is 1. The van der Waals surface area contributed by atoms with Crippen molar-refractivity contribution in [1.82, 2.24) is 15.5 Å². The summed E-state index contributed by atoms with van der Waals surface area (Å²) in [5.41, 5.74) is 13.3. The second kappa shape index (κ2) is 23.6. The smallest absolute Gasteiger partial charge is 0.251 e. The van der Waals surface area contributed by atoms with Crippen LogP contribution in [-0.2, 0) is 30.2 Å². The second-order valence-corrected chi connectivity index (χ2v) is 13.5. The molecule has 14 heteroatoms. The molecule has 4 aromatic rings. The molecule has 1 aliphatic rings. The molecule has 1 aromatic heterocycles. The van der Waals surface area contributed by atoms with Crippen molar-refractivity contribution in [3.63, 3.8) is 0 Å². The second-order valence-electron chi connectivity index (χ2n) is 13.5. The van der Waals surface area contributed by atoms with Crippen LogP contribution in [-0.4, -0.2) is 111 Å². The van der Waals surface area contributed by atoms with E-state index in [2.05, 4.69) is 40.8 Å². The van der Waals surface area contributed by atoms with Crippen molar-refractivity contribution in [2.24, 2.45) is 5.73 Å². The molecule has 0 fully saturated rings. The highest BCUT2D eigenvalue weighted by Gasteiger charge is 2.21. The van der Waals surface area contributed by atoms with Gasteiger partial charge in [-0.1, -0.05) is 55.6 Å². The maximum Gasteiger partial charge on any atom is 0.251 e. The number of allylic oxidation sites excluding steroid dienone is 2. The van der Waals surface area contributed by atoms with E-state index >= 15 is 0 Å². The number of ether oxygens (including phenoxy) is 7. The number of rotatable bonds is 25. The summed E-state index contributed by atoms with van der Waals surface area (Å²) in [5, 5.41) is 6.69. The highest BCUT2D eigenvalue weighted by molar-refractivity contribution is 5.94. The van der Waals surface area contributed by atoms with Crippen molar-refractivity contribution in [3.8, 4) is 22.8 Å². The van der Waals surface area contributed by atoms with Gasteiger partial charge in [0.05, 0.1) is 97.1 Å². The molecule has 0 spiro atoms. The molecule has 0 radical (unpaired) electrons. The van der Waals surface area contributed by atoms with Crippen molar-refractivity contribution >= 4 is 22.6 Å². The Labute approximate surface area is 351 Å². The third kappa shape index (κ3) is 12.1. The highest BCUT2D eigenvalue weighted by Crippen LogP contribution is 2.36. The van der Waals surface area contributed by atoms with E-state index in [1.165, 1.54) is 20.3 Å². The van der Waals surface area contributed by atoms with Gasteiger partial charge in [-0.3, -0.25) is 9.59 Å². The maximum absolute atomic E-state index is 12.8. The molecule has 2 heterocycles. The molecule has 0 unspecified atom stereocenters. The van der Waals surface area contributed by atoms with Crippen LogP contribution >= 0.6 is 0 Å². The van der Waals surface area contributed by atoms with Gasteiger partial charge in [-0.25, -0.2) is 0 Å². The lowest BCUT2D eigenvalue weighted by atomic mass is 9.96. The number of nitrogens with one attached hydrogen (secondary N) is 2. The third-order valence-corrected chi connectivity index (χ3v) is 9.58. The summed E-state index contributed by atoms with van der Waals surface area (Å²) in [6.07, 6.45) is 3.58. The average molecular weight is 825 g/mol. The number of hydrogen-bond donors (Lipinski definition) is 3. The predicted molar refractivity (Wildman–Crippen MR) is 232 cm³/mol. The first-order valence-electron chi connectivity index (χ1n) is 19.8. The summed E-state index contributed by atoms with van der Waals surface area (Å²) in [4.78, 5) is 27.6. The fourth-order valence-corrected chi connectivity index (χ4v) is 6.56. The minimum absolute atomic E-state index is 0.219. The number of carbonyl (C=O) groups is 1. The Kier molecular flexibility index (Phi) is 17.8. The van der Waals surface area contributed by atoms with Gasteiger partial charge in [0.2, 0.25) is 5.75 Å². The van der Waals surface area contributed by atoms with Crippen molar-refractivity contribution in [2.45, 2.75) is 6.54 Å². The largest absolute Gasteiger partial charge is 0.493 e. The number of amides is 1. The molecule has 4 N–H and O–H groups in total. The molecule has 0 saturated carbocycles. The Bertz CT molecular complexity index is 2180. The zero-order valence-electron chi connectivity index (χ0n) is 34.7. The van der Waals surface area contributed by atoms with Crippen LogP contribution in [0.25, 0.3) is 28.0 Å². The van der Waals surface area contributed by atoms with Crippen molar-refractivity contribution in [1.29, 1.82) is 0 Å².